The van der Waals surface area contributed by atoms with E-state index in [9.17, 15) is 4.79 Å². The van der Waals surface area contributed by atoms with E-state index in [0.717, 1.165) is 5.56 Å². The molecule has 9 heteroatoms. The van der Waals surface area contributed by atoms with Gasteiger partial charge in [0.05, 0.1) is 27.0 Å². The highest BCUT2D eigenvalue weighted by molar-refractivity contribution is 6.00. The smallest absolute Gasteiger partial charge is 0.336 e. The molecule has 0 aliphatic carbocycles. The summed E-state index contributed by atoms with van der Waals surface area (Å²) in [4.78, 5) is 17.0. The number of benzene rings is 3. The number of aromatic nitrogens is 3. The topological polar surface area (TPSA) is 99.5 Å². The molecule has 2 N–H and O–H groups in total. The molecular formula is C24H23N5O4. The first kappa shape index (κ1) is 21.7. The molecule has 3 aromatic carbocycles. The zero-order valence-electron chi connectivity index (χ0n) is 18.4. The lowest BCUT2D eigenvalue weighted by Gasteiger charge is -2.11. The lowest BCUT2D eigenvalue weighted by atomic mass is 10.2. The van der Waals surface area contributed by atoms with Gasteiger partial charge in [-0.1, -0.05) is 24.3 Å². The summed E-state index contributed by atoms with van der Waals surface area (Å²) in [6.07, 6.45) is 0. The van der Waals surface area contributed by atoms with E-state index in [1.54, 1.807) is 55.3 Å². The summed E-state index contributed by atoms with van der Waals surface area (Å²) >= 11 is 0. The third-order valence-corrected chi connectivity index (χ3v) is 4.77. The number of hydrogen-bond donors (Lipinski definition) is 2. The van der Waals surface area contributed by atoms with Crippen LogP contribution in [0, 0.1) is 0 Å². The Balaban J connectivity index is 1.60. The van der Waals surface area contributed by atoms with E-state index in [1.165, 1.54) is 7.11 Å². The van der Waals surface area contributed by atoms with Crippen LogP contribution in [0.2, 0.25) is 0 Å². The third-order valence-electron chi connectivity index (χ3n) is 4.77. The van der Waals surface area contributed by atoms with Crippen LogP contribution in [0.25, 0.3) is 17.1 Å². The van der Waals surface area contributed by atoms with Gasteiger partial charge in [-0.25, -0.2) is 9.48 Å². The lowest BCUT2D eigenvalue weighted by Crippen LogP contribution is -2.19. The number of methoxy groups -OCH3 is 3. The summed E-state index contributed by atoms with van der Waals surface area (Å²) in [7, 11) is 4.69. The Bertz CT molecular complexity index is 1270. The molecule has 0 unspecified atom stereocenters. The molecule has 1 heterocycles. The standard InChI is InChI=1S/C24H23N5O4/c1-31-20-11-4-7-16(13-20)22-27-24(33-3)28-29(22)19-10-5-8-17(14-19)25-23(30)26-18-9-6-12-21(15-18)32-2/h4-15H,1-3H3,(H2,25,26,30). The van der Waals surface area contributed by atoms with Crippen LogP contribution >= 0.6 is 0 Å². The predicted octanol–water partition coefficient (Wildman–Crippen LogP) is 4.60. The van der Waals surface area contributed by atoms with Crippen molar-refractivity contribution in [2.45, 2.75) is 0 Å². The first-order chi connectivity index (χ1) is 16.1. The highest BCUT2D eigenvalue weighted by Crippen LogP contribution is 2.27. The minimum Gasteiger partial charge on any atom is -0.497 e. The van der Waals surface area contributed by atoms with Crippen molar-refractivity contribution in [2.75, 3.05) is 32.0 Å². The average molecular weight is 445 g/mol. The second-order valence-corrected chi connectivity index (χ2v) is 6.93. The van der Waals surface area contributed by atoms with Gasteiger partial charge in [-0.15, -0.1) is 5.10 Å². The van der Waals surface area contributed by atoms with Crippen molar-refractivity contribution < 1.29 is 19.0 Å². The minimum atomic E-state index is -0.385. The summed E-state index contributed by atoms with van der Waals surface area (Å²) in [5, 5.41) is 10.1. The molecule has 0 saturated carbocycles. The van der Waals surface area contributed by atoms with E-state index < -0.39 is 0 Å². The molecule has 0 saturated heterocycles. The fourth-order valence-electron chi connectivity index (χ4n) is 3.22. The number of carbonyl (C=O) groups is 1. The van der Waals surface area contributed by atoms with Crippen LogP contribution in [0.15, 0.2) is 72.8 Å². The van der Waals surface area contributed by atoms with Crippen LogP contribution < -0.4 is 24.8 Å². The van der Waals surface area contributed by atoms with Gasteiger partial charge in [0.15, 0.2) is 5.82 Å². The number of amides is 2. The van der Waals surface area contributed by atoms with Crippen molar-refractivity contribution in [3.63, 3.8) is 0 Å². The molecule has 0 aliphatic heterocycles. The van der Waals surface area contributed by atoms with Gasteiger partial charge >= 0.3 is 12.0 Å². The van der Waals surface area contributed by atoms with Crippen LogP contribution in [0.1, 0.15) is 0 Å². The fourth-order valence-corrected chi connectivity index (χ4v) is 3.22. The second kappa shape index (κ2) is 9.73. The minimum absolute atomic E-state index is 0.224. The monoisotopic (exact) mass is 445 g/mol. The average Bonchev–Trinajstić information content (AvgIpc) is 3.29. The largest absolute Gasteiger partial charge is 0.497 e. The zero-order chi connectivity index (χ0) is 23.2. The molecule has 0 bridgehead atoms. The van der Waals surface area contributed by atoms with Gasteiger partial charge in [0.25, 0.3) is 0 Å². The molecule has 4 rings (SSSR count). The van der Waals surface area contributed by atoms with Crippen molar-refractivity contribution in [3.05, 3.63) is 72.8 Å². The molecule has 2 amide bonds. The second-order valence-electron chi connectivity index (χ2n) is 6.93. The van der Waals surface area contributed by atoms with Gasteiger partial charge in [-0.05, 0) is 42.5 Å². The van der Waals surface area contributed by atoms with Gasteiger partial charge in [0.2, 0.25) is 0 Å². The molecule has 0 atom stereocenters. The number of hydrogen-bond acceptors (Lipinski definition) is 6. The van der Waals surface area contributed by atoms with Crippen molar-refractivity contribution in [1.29, 1.82) is 0 Å². The zero-order valence-corrected chi connectivity index (χ0v) is 18.4. The number of carbonyl (C=O) groups excluding carboxylic acids is 1. The summed E-state index contributed by atoms with van der Waals surface area (Å²) in [5.41, 5.74) is 2.70. The van der Waals surface area contributed by atoms with Crippen molar-refractivity contribution in [1.82, 2.24) is 14.8 Å². The van der Waals surface area contributed by atoms with Gasteiger partial charge in [-0.3, -0.25) is 0 Å². The lowest BCUT2D eigenvalue weighted by molar-refractivity contribution is 0.262. The van der Waals surface area contributed by atoms with Crippen LogP contribution in [0.4, 0.5) is 16.2 Å². The number of anilines is 2. The molecular weight excluding hydrogens is 422 g/mol. The van der Waals surface area contributed by atoms with Gasteiger partial charge in [0, 0.05) is 23.0 Å². The fraction of sp³-hybridized carbons (Fsp3) is 0.125. The number of nitrogens with zero attached hydrogens (tertiary/aromatic N) is 3. The highest BCUT2D eigenvalue weighted by Gasteiger charge is 2.15. The van der Waals surface area contributed by atoms with E-state index in [0.29, 0.717) is 34.4 Å². The summed E-state index contributed by atoms with van der Waals surface area (Å²) in [5.74, 6) is 1.93. The highest BCUT2D eigenvalue weighted by atomic mass is 16.5. The summed E-state index contributed by atoms with van der Waals surface area (Å²) < 4.78 is 17.4. The van der Waals surface area contributed by atoms with Gasteiger partial charge in [0.1, 0.15) is 11.5 Å². The Labute approximate surface area is 190 Å². The van der Waals surface area contributed by atoms with Gasteiger partial charge in [-0.2, -0.15) is 4.98 Å². The Morgan fingerprint density at radius 2 is 1.42 bits per heavy atom. The van der Waals surface area contributed by atoms with E-state index >= 15 is 0 Å². The van der Waals surface area contributed by atoms with Crippen molar-refractivity contribution >= 4 is 17.4 Å². The normalized spacial score (nSPS) is 10.4. The van der Waals surface area contributed by atoms with E-state index in [-0.39, 0.29) is 12.0 Å². The first-order valence-electron chi connectivity index (χ1n) is 10.1. The quantitative estimate of drug-likeness (QED) is 0.431. The molecule has 1 aromatic heterocycles. The maximum Gasteiger partial charge on any atom is 0.336 e. The Kier molecular flexibility index (Phi) is 6.40. The maximum atomic E-state index is 12.5. The molecule has 0 spiro atoms. The third kappa shape index (κ3) is 5.04. The first-order valence-corrected chi connectivity index (χ1v) is 10.1. The number of ether oxygens (including phenoxy) is 3. The van der Waals surface area contributed by atoms with Crippen molar-refractivity contribution in [3.8, 4) is 34.6 Å². The number of nitrogens with one attached hydrogen (secondary N) is 2. The Hall–Kier alpha value is -4.53. The van der Waals surface area contributed by atoms with Crippen LogP contribution in [-0.2, 0) is 0 Å². The van der Waals surface area contributed by atoms with E-state index in [1.807, 2.05) is 36.4 Å². The van der Waals surface area contributed by atoms with Gasteiger partial charge < -0.3 is 24.8 Å². The summed E-state index contributed by atoms with van der Waals surface area (Å²) in [6, 6.07) is 21.7. The Morgan fingerprint density at radius 1 is 0.788 bits per heavy atom. The Morgan fingerprint density at radius 3 is 2.12 bits per heavy atom. The predicted molar refractivity (Wildman–Crippen MR) is 126 cm³/mol. The molecule has 0 radical (unpaired) electrons. The molecule has 9 nitrogen and oxygen atoms in total. The number of rotatable bonds is 7. The maximum absolute atomic E-state index is 12.5. The van der Waals surface area contributed by atoms with Crippen molar-refractivity contribution in [2.24, 2.45) is 0 Å². The van der Waals surface area contributed by atoms with Crippen LogP contribution in [0.5, 0.6) is 17.5 Å². The number of urea groups is 1. The molecule has 0 aliphatic rings. The van der Waals surface area contributed by atoms with E-state index in [4.69, 9.17) is 14.2 Å². The SMILES string of the molecule is COc1cccc(NC(=O)Nc2cccc(-n3nc(OC)nc3-c3cccc(OC)c3)c2)c1. The van der Waals surface area contributed by atoms with E-state index in [2.05, 4.69) is 20.7 Å². The molecule has 168 valence electrons. The molecule has 33 heavy (non-hydrogen) atoms. The molecule has 0 fully saturated rings. The van der Waals surface area contributed by atoms with Crippen LogP contribution in [-0.4, -0.2) is 42.1 Å². The molecule has 4 aromatic rings. The van der Waals surface area contributed by atoms with Crippen LogP contribution in [0.3, 0.4) is 0 Å². The summed E-state index contributed by atoms with van der Waals surface area (Å²) in [6.45, 7) is 0.